The molecular formula is C13H26N2O. The fraction of sp³-hybridized carbons (Fsp3) is 1.00. The molecule has 1 unspecified atom stereocenters. The average molecular weight is 226 g/mol. The highest BCUT2D eigenvalue weighted by atomic mass is 16.5. The number of nitrogens with zero attached hydrogens (tertiary/aromatic N) is 2. The van der Waals surface area contributed by atoms with Crippen molar-refractivity contribution in [1.82, 2.24) is 9.80 Å². The van der Waals surface area contributed by atoms with Gasteiger partial charge in [0.1, 0.15) is 0 Å². The van der Waals surface area contributed by atoms with Crippen LogP contribution < -0.4 is 0 Å². The van der Waals surface area contributed by atoms with Gasteiger partial charge in [-0.15, -0.1) is 0 Å². The highest BCUT2D eigenvalue weighted by Gasteiger charge is 2.54. The fourth-order valence-electron chi connectivity index (χ4n) is 3.15. The Morgan fingerprint density at radius 3 is 2.38 bits per heavy atom. The number of ether oxygens (including phenoxy) is 1. The molecule has 0 aromatic rings. The number of hydrogen-bond acceptors (Lipinski definition) is 3. The molecule has 3 heteroatoms. The summed E-state index contributed by atoms with van der Waals surface area (Å²) in [5.74, 6) is 0. The summed E-state index contributed by atoms with van der Waals surface area (Å²) in [7, 11) is 1.84. The van der Waals surface area contributed by atoms with E-state index in [0.717, 1.165) is 13.1 Å². The summed E-state index contributed by atoms with van der Waals surface area (Å²) < 4.78 is 5.54. The number of rotatable bonds is 2. The Bertz CT molecular complexity index is 253. The summed E-state index contributed by atoms with van der Waals surface area (Å²) in [6.45, 7) is 13.9. The third-order valence-electron chi connectivity index (χ3n) is 4.34. The molecule has 2 aliphatic heterocycles. The van der Waals surface area contributed by atoms with Gasteiger partial charge in [0.15, 0.2) is 0 Å². The van der Waals surface area contributed by atoms with Crippen LogP contribution in [-0.2, 0) is 4.74 Å². The van der Waals surface area contributed by atoms with E-state index in [-0.39, 0.29) is 0 Å². The molecule has 0 aromatic carbocycles. The summed E-state index contributed by atoms with van der Waals surface area (Å²) in [5, 5.41) is 0. The van der Waals surface area contributed by atoms with E-state index >= 15 is 0 Å². The third-order valence-corrected chi connectivity index (χ3v) is 4.34. The van der Waals surface area contributed by atoms with Crippen molar-refractivity contribution in [1.29, 1.82) is 0 Å². The average Bonchev–Trinajstić information content (AvgIpc) is 2.52. The van der Waals surface area contributed by atoms with Gasteiger partial charge >= 0.3 is 0 Å². The molecule has 0 saturated carbocycles. The van der Waals surface area contributed by atoms with Crippen LogP contribution in [0.25, 0.3) is 0 Å². The molecule has 0 aliphatic carbocycles. The van der Waals surface area contributed by atoms with E-state index in [2.05, 4.69) is 37.5 Å². The molecule has 16 heavy (non-hydrogen) atoms. The summed E-state index contributed by atoms with van der Waals surface area (Å²) >= 11 is 0. The van der Waals surface area contributed by atoms with Crippen LogP contribution in [0.5, 0.6) is 0 Å². The fourth-order valence-corrected chi connectivity index (χ4v) is 3.15. The molecule has 2 fully saturated rings. The van der Waals surface area contributed by atoms with Crippen LogP contribution >= 0.6 is 0 Å². The predicted molar refractivity (Wildman–Crippen MR) is 66.7 cm³/mol. The van der Waals surface area contributed by atoms with Crippen LogP contribution in [0.2, 0.25) is 0 Å². The second-order valence-corrected chi connectivity index (χ2v) is 6.35. The first-order valence-corrected chi connectivity index (χ1v) is 6.44. The van der Waals surface area contributed by atoms with Crippen molar-refractivity contribution in [3.63, 3.8) is 0 Å². The van der Waals surface area contributed by atoms with Crippen molar-refractivity contribution in [2.24, 2.45) is 0 Å². The van der Waals surface area contributed by atoms with Crippen molar-refractivity contribution in [2.45, 2.75) is 51.3 Å². The third kappa shape index (κ3) is 1.89. The van der Waals surface area contributed by atoms with Crippen molar-refractivity contribution < 1.29 is 4.74 Å². The molecule has 3 nitrogen and oxygen atoms in total. The Labute approximate surface area is 99.7 Å². The van der Waals surface area contributed by atoms with E-state index < -0.39 is 0 Å². The molecule has 0 bridgehead atoms. The first kappa shape index (κ1) is 12.3. The zero-order valence-corrected chi connectivity index (χ0v) is 11.4. The first-order valence-electron chi connectivity index (χ1n) is 6.44. The standard InChI is InChI=1S/C13H26N2O/c1-6-14-8-11(16-5)7-13(14)9-15(10-13)12(2,3)4/h11H,6-10H2,1-5H3. The Morgan fingerprint density at radius 1 is 1.31 bits per heavy atom. The maximum absolute atomic E-state index is 5.54. The zero-order chi connectivity index (χ0) is 12.0. The number of hydrogen-bond donors (Lipinski definition) is 0. The van der Waals surface area contributed by atoms with Crippen LogP contribution in [0.3, 0.4) is 0 Å². The minimum atomic E-state index is 0.315. The summed E-state index contributed by atoms with van der Waals surface area (Å²) in [5.41, 5.74) is 0.735. The van der Waals surface area contributed by atoms with Gasteiger partial charge in [0, 0.05) is 37.8 Å². The minimum Gasteiger partial charge on any atom is -0.380 e. The van der Waals surface area contributed by atoms with Crippen molar-refractivity contribution in [2.75, 3.05) is 33.3 Å². The highest BCUT2D eigenvalue weighted by Crippen LogP contribution is 2.41. The van der Waals surface area contributed by atoms with E-state index in [1.807, 2.05) is 7.11 Å². The largest absolute Gasteiger partial charge is 0.380 e. The highest BCUT2D eigenvalue weighted by molar-refractivity contribution is 5.12. The van der Waals surface area contributed by atoms with Gasteiger partial charge in [-0.05, 0) is 33.7 Å². The van der Waals surface area contributed by atoms with Crippen LogP contribution in [-0.4, -0.2) is 60.3 Å². The molecule has 2 saturated heterocycles. The number of likely N-dealkylation sites (N-methyl/N-ethyl adjacent to an activating group) is 1. The lowest BCUT2D eigenvalue weighted by atomic mass is 9.82. The van der Waals surface area contributed by atoms with E-state index in [1.165, 1.54) is 19.5 Å². The van der Waals surface area contributed by atoms with Gasteiger partial charge in [-0.1, -0.05) is 6.92 Å². The Morgan fingerprint density at radius 2 is 1.94 bits per heavy atom. The van der Waals surface area contributed by atoms with Gasteiger partial charge in [0.05, 0.1) is 6.10 Å². The van der Waals surface area contributed by atoms with E-state index in [1.54, 1.807) is 0 Å². The summed E-state index contributed by atoms with van der Waals surface area (Å²) in [6.07, 6.45) is 1.66. The molecule has 1 atom stereocenters. The van der Waals surface area contributed by atoms with Crippen LogP contribution in [0.4, 0.5) is 0 Å². The SMILES string of the molecule is CCN1CC(OC)CC12CN(C(C)(C)C)C2. The molecular weight excluding hydrogens is 200 g/mol. The van der Waals surface area contributed by atoms with Crippen molar-refractivity contribution >= 4 is 0 Å². The van der Waals surface area contributed by atoms with Crippen molar-refractivity contribution in [3.8, 4) is 0 Å². The molecule has 0 aromatic heterocycles. The molecule has 1 spiro atoms. The maximum atomic E-state index is 5.54. The van der Waals surface area contributed by atoms with Gasteiger partial charge in [-0.2, -0.15) is 0 Å². The molecule has 94 valence electrons. The summed E-state index contributed by atoms with van der Waals surface area (Å²) in [4.78, 5) is 5.19. The smallest absolute Gasteiger partial charge is 0.0717 e. The molecule has 0 amide bonds. The second kappa shape index (κ2) is 3.97. The molecule has 2 rings (SSSR count). The van der Waals surface area contributed by atoms with Crippen LogP contribution in [0.15, 0.2) is 0 Å². The lowest BCUT2D eigenvalue weighted by molar-refractivity contribution is -0.0743. The Hall–Kier alpha value is -0.120. The van der Waals surface area contributed by atoms with Crippen LogP contribution in [0, 0.1) is 0 Å². The van der Waals surface area contributed by atoms with Crippen LogP contribution in [0.1, 0.15) is 34.1 Å². The maximum Gasteiger partial charge on any atom is 0.0717 e. The van der Waals surface area contributed by atoms with Gasteiger partial charge in [0.2, 0.25) is 0 Å². The molecule has 2 heterocycles. The quantitative estimate of drug-likeness (QED) is 0.711. The zero-order valence-electron chi connectivity index (χ0n) is 11.4. The van der Waals surface area contributed by atoms with Gasteiger partial charge in [-0.25, -0.2) is 0 Å². The van der Waals surface area contributed by atoms with E-state index in [4.69, 9.17) is 4.74 Å². The topological polar surface area (TPSA) is 15.7 Å². The van der Waals surface area contributed by atoms with Gasteiger partial charge in [-0.3, -0.25) is 9.80 Å². The molecule has 2 aliphatic rings. The second-order valence-electron chi connectivity index (χ2n) is 6.35. The summed E-state index contributed by atoms with van der Waals surface area (Å²) in [6, 6.07) is 0. The van der Waals surface area contributed by atoms with Gasteiger partial charge in [0.25, 0.3) is 0 Å². The molecule has 0 N–H and O–H groups in total. The normalized spacial score (nSPS) is 30.9. The number of methoxy groups -OCH3 is 1. The molecule has 0 radical (unpaired) electrons. The van der Waals surface area contributed by atoms with E-state index in [0.29, 0.717) is 17.2 Å². The lowest BCUT2D eigenvalue weighted by Crippen LogP contribution is -2.71. The Kier molecular flexibility index (Phi) is 3.06. The Balaban J connectivity index is 2.00. The van der Waals surface area contributed by atoms with E-state index in [9.17, 15) is 0 Å². The monoisotopic (exact) mass is 226 g/mol. The van der Waals surface area contributed by atoms with Crippen molar-refractivity contribution in [3.05, 3.63) is 0 Å². The first-order chi connectivity index (χ1) is 7.41. The minimum absolute atomic E-state index is 0.315. The predicted octanol–water partition coefficient (Wildman–Crippen LogP) is 1.58. The lowest BCUT2D eigenvalue weighted by Gasteiger charge is -2.57. The van der Waals surface area contributed by atoms with Gasteiger partial charge < -0.3 is 4.74 Å². The number of likely N-dealkylation sites (tertiary alicyclic amines) is 2.